The Morgan fingerprint density at radius 2 is 1.96 bits per heavy atom. The topological polar surface area (TPSA) is 85.3 Å². The molecule has 1 heterocycles. The number of aromatic carboxylic acids is 1. The Balaban J connectivity index is 2.16. The number of rotatable bonds is 4. The molecule has 6 heteroatoms. The number of halogens is 1. The summed E-state index contributed by atoms with van der Waals surface area (Å²) in [7, 11) is 0. The molecule has 0 saturated heterocycles. The zero-order valence-electron chi connectivity index (χ0n) is 12.0. The smallest absolute Gasteiger partial charge is 0.335 e. The minimum atomic E-state index is -1.06. The summed E-state index contributed by atoms with van der Waals surface area (Å²) >= 11 is 0. The summed E-state index contributed by atoms with van der Waals surface area (Å²) in [5.41, 5.74) is 7.03. The molecule has 1 aromatic heterocycles. The summed E-state index contributed by atoms with van der Waals surface area (Å²) in [4.78, 5) is 22.7. The number of carboxylic acid groups (broad SMARTS) is 1. The van der Waals surface area contributed by atoms with E-state index in [1.54, 1.807) is 29.0 Å². The molecular weight excluding hydrogens is 299 g/mol. The van der Waals surface area contributed by atoms with Gasteiger partial charge in [0, 0.05) is 23.6 Å². The van der Waals surface area contributed by atoms with Crippen LogP contribution in [0.3, 0.4) is 0 Å². The molecule has 3 rings (SSSR count). The fourth-order valence-corrected chi connectivity index (χ4v) is 2.58. The van der Waals surface area contributed by atoms with Crippen molar-refractivity contribution in [2.75, 3.05) is 0 Å². The number of carboxylic acids is 1. The van der Waals surface area contributed by atoms with Crippen molar-refractivity contribution in [3.05, 3.63) is 71.2 Å². The quantitative estimate of drug-likeness (QED) is 0.776. The summed E-state index contributed by atoms with van der Waals surface area (Å²) in [6.07, 6.45) is 1.56. The molecule has 3 N–H and O–H groups in total. The third-order valence-corrected chi connectivity index (χ3v) is 3.64. The molecule has 0 saturated carbocycles. The Labute approximate surface area is 130 Å². The zero-order valence-corrected chi connectivity index (χ0v) is 12.0. The first-order valence-electron chi connectivity index (χ1n) is 6.86. The van der Waals surface area contributed by atoms with E-state index in [9.17, 15) is 14.0 Å². The Morgan fingerprint density at radius 3 is 2.61 bits per heavy atom. The Morgan fingerprint density at radius 1 is 1.17 bits per heavy atom. The molecule has 0 fully saturated rings. The summed E-state index contributed by atoms with van der Waals surface area (Å²) in [6.45, 7) is 0.296. The Bertz CT molecular complexity index is 931. The molecule has 0 aliphatic heterocycles. The second-order valence-electron chi connectivity index (χ2n) is 5.20. The van der Waals surface area contributed by atoms with E-state index < -0.39 is 11.9 Å². The van der Waals surface area contributed by atoms with Gasteiger partial charge in [-0.25, -0.2) is 9.18 Å². The summed E-state index contributed by atoms with van der Waals surface area (Å²) in [6, 6.07) is 10.5. The van der Waals surface area contributed by atoms with Crippen LogP contribution in [0.25, 0.3) is 10.9 Å². The van der Waals surface area contributed by atoms with Crippen LogP contribution in [0.5, 0.6) is 0 Å². The van der Waals surface area contributed by atoms with Crippen molar-refractivity contribution >= 4 is 22.8 Å². The third-order valence-electron chi connectivity index (χ3n) is 3.64. The van der Waals surface area contributed by atoms with Crippen molar-refractivity contribution in [1.29, 1.82) is 0 Å². The van der Waals surface area contributed by atoms with E-state index in [-0.39, 0.29) is 11.4 Å². The van der Waals surface area contributed by atoms with Gasteiger partial charge < -0.3 is 15.4 Å². The van der Waals surface area contributed by atoms with Gasteiger partial charge in [0.15, 0.2) is 0 Å². The van der Waals surface area contributed by atoms with Crippen LogP contribution in [0.4, 0.5) is 4.39 Å². The van der Waals surface area contributed by atoms with Crippen LogP contribution in [0.2, 0.25) is 0 Å². The highest BCUT2D eigenvalue weighted by Gasteiger charge is 2.15. The van der Waals surface area contributed by atoms with Gasteiger partial charge in [0.05, 0.1) is 11.1 Å². The maximum absolute atomic E-state index is 13.3. The molecule has 23 heavy (non-hydrogen) atoms. The number of carbonyl (C=O) groups is 2. The third kappa shape index (κ3) is 2.78. The number of nitrogens with zero attached hydrogens (tertiary/aromatic N) is 1. The lowest BCUT2D eigenvalue weighted by molar-refractivity contribution is 0.0696. The van der Waals surface area contributed by atoms with E-state index in [0.29, 0.717) is 28.6 Å². The number of nitrogens with two attached hydrogens (primary N) is 1. The van der Waals surface area contributed by atoms with Crippen LogP contribution in [-0.4, -0.2) is 21.6 Å². The predicted octanol–water partition coefficient (Wildman–Crippen LogP) is 2.63. The number of benzene rings is 2. The second kappa shape index (κ2) is 5.57. The van der Waals surface area contributed by atoms with Crippen LogP contribution >= 0.6 is 0 Å². The van der Waals surface area contributed by atoms with Gasteiger partial charge in [0.1, 0.15) is 5.82 Å². The van der Waals surface area contributed by atoms with Gasteiger partial charge >= 0.3 is 5.97 Å². The zero-order chi connectivity index (χ0) is 16.6. The Kier molecular flexibility index (Phi) is 3.57. The lowest BCUT2D eigenvalue weighted by Gasteiger charge is -2.06. The molecule has 0 aliphatic rings. The van der Waals surface area contributed by atoms with Crippen molar-refractivity contribution in [3.63, 3.8) is 0 Å². The van der Waals surface area contributed by atoms with Crippen LogP contribution in [0, 0.1) is 5.82 Å². The molecule has 0 atom stereocenters. The number of fused-ring (bicyclic) bond motifs is 1. The normalized spacial score (nSPS) is 10.8. The van der Waals surface area contributed by atoms with Crippen molar-refractivity contribution in [1.82, 2.24) is 4.57 Å². The molecule has 0 bridgehead atoms. The first-order chi connectivity index (χ1) is 11.0. The van der Waals surface area contributed by atoms with Gasteiger partial charge in [0.2, 0.25) is 0 Å². The highest BCUT2D eigenvalue weighted by atomic mass is 19.1. The first kappa shape index (κ1) is 14.8. The highest BCUT2D eigenvalue weighted by molar-refractivity contribution is 6.07. The molecule has 3 aromatic rings. The molecule has 0 radical (unpaired) electrons. The van der Waals surface area contributed by atoms with Crippen LogP contribution < -0.4 is 5.73 Å². The molecule has 5 nitrogen and oxygen atoms in total. The van der Waals surface area contributed by atoms with Gasteiger partial charge in [0.25, 0.3) is 5.91 Å². The van der Waals surface area contributed by atoms with E-state index >= 15 is 0 Å². The number of carbonyl (C=O) groups excluding carboxylic acids is 1. The monoisotopic (exact) mass is 312 g/mol. The standard InChI is InChI=1S/C17H13FN2O3/c18-12-3-1-2-10(6-12)8-20-9-14(16(19)21)13-5-4-11(17(22)23)7-15(13)20/h1-7,9H,8H2,(H2,19,21)(H,22,23). The van der Waals surface area contributed by atoms with E-state index in [4.69, 9.17) is 10.8 Å². The first-order valence-corrected chi connectivity index (χ1v) is 6.86. The molecule has 0 aliphatic carbocycles. The van der Waals surface area contributed by atoms with E-state index in [0.717, 1.165) is 0 Å². The van der Waals surface area contributed by atoms with Crippen molar-refractivity contribution in [3.8, 4) is 0 Å². The molecule has 0 spiro atoms. The fourth-order valence-electron chi connectivity index (χ4n) is 2.58. The van der Waals surface area contributed by atoms with Crippen molar-refractivity contribution in [2.45, 2.75) is 6.54 Å². The van der Waals surface area contributed by atoms with Gasteiger partial charge in [-0.1, -0.05) is 18.2 Å². The van der Waals surface area contributed by atoms with Gasteiger partial charge in [-0.2, -0.15) is 0 Å². The average Bonchev–Trinajstić information content (AvgIpc) is 2.85. The van der Waals surface area contributed by atoms with Crippen LogP contribution in [0.15, 0.2) is 48.7 Å². The number of aromatic nitrogens is 1. The lowest BCUT2D eigenvalue weighted by atomic mass is 10.1. The van der Waals surface area contributed by atoms with Gasteiger partial charge in [-0.3, -0.25) is 4.79 Å². The second-order valence-corrected chi connectivity index (χ2v) is 5.20. The molecule has 116 valence electrons. The Hall–Kier alpha value is -3.15. The molecule has 1 amide bonds. The number of primary amides is 1. The van der Waals surface area contributed by atoms with Crippen molar-refractivity contribution < 1.29 is 19.1 Å². The lowest BCUT2D eigenvalue weighted by Crippen LogP contribution is -2.10. The molecular formula is C17H13FN2O3. The number of hydrogen-bond acceptors (Lipinski definition) is 2. The maximum Gasteiger partial charge on any atom is 0.335 e. The fraction of sp³-hybridized carbons (Fsp3) is 0.0588. The number of amides is 1. The van der Waals surface area contributed by atoms with E-state index in [2.05, 4.69) is 0 Å². The summed E-state index contributed by atoms with van der Waals surface area (Å²) in [5.74, 6) is -2.03. The van der Waals surface area contributed by atoms with Crippen molar-refractivity contribution in [2.24, 2.45) is 5.73 Å². The summed E-state index contributed by atoms with van der Waals surface area (Å²) in [5, 5.41) is 9.70. The van der Waals surface area contributed by atoms with Gasteiger partial charge in [-0.15, -0.1) is 0 Å². The van der Waals surface area contributed by atoms with Crippen LogP contribution in [-0.2, 0) is 6.54 Å². The maximum atomic E-state index is 13.3. The van der Waals surface area contributed by atoms with E-state index in [1.807, 2.05) is 0 Å². The summed E-state index contributed by atoms with van der Waals surface area (Å²) < 4.78 is 15.0. The van der Waals surface area contributed by atoms with Gasteiger partial charge in [-0.05, 0) is 29.8 Å². The van der Waals surface area contributed by atoms with Crippen LogP contribution in [0.1, 0.15) is 26.3 Å². The average molecular weight is 312 g/mol. The minimum Gasteiger partial charge on any atom is -0.478 e. The minimum absolute atomic E-state index is 0.104. The molecule has 0 unspecified atom stereocenters. The predicted molar refractivity (Wildman–Crippen MR) is 82.9 cm³/mol. The largest absolute Gasteiger partial charge is 0.478 e. The highest BCUT2D eigenvalue weighted by Crippen LogP contribution is 2.24. The number of hydrogen-bond donors (Lipinski definition) is 2. The molecule has 2 aromatic carbocycles. The SMILES string of the molecule is NC(=O)c1cn(Cc2cccc(F)c2)c2cc(C(=O)O)ccc12. The van der Waals surface area contributed by atoms with E-state index in [1.165, 1.54) is 24.3 Å².